The minimum absolute atomic E-state index is 0.0383. The van der Waals surface area contributed by atoms with Gasteiger partial charge in [-0.15, -0.1) is 0 Å². The van der Waals surface area contributed by atoms with Gasteiger partial charge in [-0.2, -0.15) is 13.2 Å². The summed E-state index contributed by atoms with van der Waals surface area (Å²) in [6.07, 6.45) is -4.90. The highest BCUT2D eigenvalue weighted by Crippen LogP contribution is 2.32. The van der Waals surface area contributed by atoms with Gasteiger partial charge in [0, 0.05) is 16.1 Å². The Morgan fingerprint density at radius 3 is 2.31 bits per heavy atom. The fraction of sp³-hybridized carbons (Fsp3) is 0.226. The number of carboxylic acid groups (broad SMARTS) is 1. The molecule has 0 radical (unpaired) electrons. The number of ether oxygens (including phenoxy) is 1. The largest absolute Gasteiger partial charge is 0.483 e. The smallest absolute Gasteiger partial charge is 0.416 e. The van der Waals surface area contributed by atoms with E-state index in [0.717, 1.165) is 6.07 Å². The monoisotopic (exact) mass is 666 g/mol. The van der Waals surface area contributed by atoms with Crippen LogP contribution in [0.2, 0.25) is 10.0 Å². The summed E-state index contributed by atoms with van der Waals surface area (Å²) in [5.41, 5.74) is -2.95. The zero-order valence-electron chi connectivity index (χ0n) is 23.7. The molecule has 3 aromatic carbocycles. The van der Waals surface area contributed by atoms with Gasteiger partial charge in [0.05, 0.1) is 21.8 Å². The highest BCUT2D eigenvalue weighted by atomic mass is 35.5. The van der Waals surface area contributed by atoms with Crippen LogP contribution in [0, 0.1) is 23.1 Å². The SMILES string of the molecule is C[C@@H](NC(=O)C(C)(C)C#Cc1ccc(NC(=O)COc2ccc(Cl)cc2C(=O)c2cc(F)cc(C(F)(F)F)c2)c(Cl)c1)C(=O)O. The van der Waals surface area contributed by atoms with Gasteiger partial charge in [-0.3, -0.25) is 19.2 Å². The van der Waals surface area contributed by atoms with Crippen LogP contribution in [0.4, 0.5) is 23.2 Å². The first-order valence-corrected chi connectivity index (χ1v) is 13.6. The van der Waals surface area contributed by atoms with Crippen LogP contribution in [-0.4, -0.2) is 41.3 Å². The lowest BCUT2D eigenvalue weighted by atomic mass is 9.92. The van der Waals surface area contributed by atoms with Gasteiger partial charge in [0.1, 0.15) is 23.0 Å². The number of nitrogens with one attached hydrogen (secondary N) is 2. The maximum absolute atomic E-state index is 13.9. The minimum atomic E-state index is -4.90. The summed E-state index contributed by atoms with van der Waals surface area (Å²) in [7, 11) is 0. The normalized spacial score (nSPS) is 11.9. The van der Waals surface area contributed by atoms with E-state index in [-0.39, 0.29) is 33.1 Å². The Morgan fingerprint density at radius 1 is 1.00 bits per heavy atom. The summed E-state index contributed by atoms with van der Waals surface area (Å²) < 4.78 is 58.8. The maximum Gasteiger partial charge on any atom is 0.416 e. The van der Waals surface area contributed by atoms with Gasteiger partial charge in [-0.05, 0) is 75.4 Å². The van der Waals surface area contributed by atoms with Crippen molar-refractivity contribution in [1.82, 2.24) is 5.32 Å². The minimum Gasteiger partial charge on any atom is -0.483 e. The molecule has 0 unspecified atom stereocenters. The Bertz CT molecular complexity index is 1730. The topological polar surface area (TPSA) is 122 Å². The lowest BCUT2D eigenvalue weighted by molar-refractivity contribution is -0.142. The fourth-order valence-electron chi connectivity index (χ4n) is 3.59. The third kappa shape index (κ3) is 9.44. The molecule has 0 aliphatic rings. The molecular formula is C31H24Cl2F4N2O6. The van der Waals surface area contributed by atoms with E-state index >= 15 is 0 Å². The molecule has 45 heavy (non-hydrogen) atoms. The van der Waals surface area contributed by atoms with E-state index in [9.17, 15) is 36.7 Å². The van der Waals surface area contributed by atoms with Crippen LogP contribution in [-0.2, 0) is 20.6 Å². The molecule has 3 rings (SSSR count). The summed E-state index contributed by atoms with van der Waals surface area (Å²) in [5, 5.41) is 13.9. The van der Waals surface area contributed by atoms with E-state index in [0.29, 0.717) is 17.7 Å². The number of aliphatic carboxylic acids is 1. The van der Waals surface area contributed by atoms with E-state index in [1.54, 1.807) is 0 Å². The van der Waals surface area contributed by atoms with Crippen LogP contribution >= 0.6 is 23.2 Å². The van der Waals surface area contributed by atoms with Gasteiger partial charge in [-0.25, -0.2) is 4.39 Å². The molecule has 8 nitrogen and oxygen atoms in total. The molecule has 0 aliphatic carbocycles. The number of rotatable bonds is 9. The lowest BCUT2D eigenvalue weighted by Gasteiger charge is -2.19. The number of carboxylic acids is 1. The van der Waals surface area contributed by atoms with Gasteiger partial charge < -0.3 is 20.5 Å². The number of hydrogen-bond acceptors (Lipinski definition) is 5. The average molecular weight is 667 g/mol. The molecule has 2 amide bonds. The highest BCUT2D eigenvalue weighted by molar-refractivity contribution is 6.34. The van der Waals surface area contributed by atoms with Gasteiger partial charge in [0.25, 0.3) is 5.91 Å². The number of alkyl halides is 3. The number of anilines is 1. The van der Waals surface area contributed by atoms with Crippen LogP contribution < -0.4 is 15.4 Å². The molecule has 0 aromatic heterocycles. The van der Waals surface area contributed by atoms with Crippen LogP contribution in [0.1, 0.15) is 47.8 Å². The average Bonchev–Trinajstić information content (AvgIpc) is 2.95. The molecule has 0 heterocycles. The molecule has 3 aromatic rings. The molecule has 0 saturated heterocycles. The zero-order chi connectivity index (χ0) is 33.7. The van der Waals surface area contributed by atoms with E-state index in [4.69, 9.17) is 33.0 Å². The second-order valence-electron chi connectivity index (χ2n) is 10.1. The number of ketones is 1. The van der Waals surface area contributed by atoms with E-state index in [2.05, 4.69) is 22.5 Å². The third-order valence-corrected chi connectivity index (χ3v) is 6.63. The van der Waals surface area contributed by atoms with Crippen molar-refractivity contribution in [1.29, 1.82) is 0 Å². The van der Waals surface area contributed by atoms with Crippen molar-refractivity contribution in [2.45, 2.75) is 33.0 Å². The molecule has 0 saturated carbocycles. The van der Waals surface area contributed by atoms with Crippen LogP contribution in [0.3, 0.4) is 0 Å². The number of hydrogen-bond donors (Lipinski definition) is 3. The van der Waals surface area contributed by atoms with Crippen molar-refractivity contribution in [2.24, 2.45) is 5.41 Å². The Kier molecular flexibility index (Phi) is 10.9. The highest BCUT2D eigenvalue weighted by Gasteiger charge is 2.32. The molecule has 14 heteroatoms. The first-order chi connectivity index (χ1) is 20.9. The van der Waals surface area contributed by atoms with Crippen LogP contribution in [0.15, 0.2) is 54.6 Å². The molecule has 0 bridgehead atoms. The molecule has 0 aliphatic heterocycles. The summed E-state index contributed by atoms with van der Waals surface area (Å²) in [6, 6.07) is 8.32. The van der Waals surface area contributed by atoms with Crippen molar-refractivity contribution in [2.75, 3.05) is 11.9 Å². The fourth-order valence-corrected chi connectivity index (χ4v) is 3.99. The number of halogens is 6. The Morgan fingerprint density at radius 2 is 1.69 bits per heavy atom. The molecular weight excluding hydrogens is 643 g/mol. The summed E-state index contributed by atoms with van der Waals surface area (Å²) in [6.45, 7) is 3.68. The summed E-state index contributed by atoms with van der Waals surface area (Å²) in [5.74, 6) is 0.533. The lowest BCUT2D eigenvalue weighted by Crippen LogP contribution is -2.44. The Labute approximate surface area is 264 Å². The first kappa shape index (κ1) is 34.9. The van der Waals surface area contributed by atoms with Crippen molar-refractivity contribution in [3.8, 4) is 17.6 Å². The zero-order valence-corrected chi connectivity index (χ0v) is 25.2. The molecule has 3 N–H and O–H groups in total. The molecule has 236 valence electrons. The predicted molar refractivity (Wildman–Crippen MR) is 158 cm³/mol. The Balaban J connectivity index is 1.72. The van der Waals surface area contributed by atoms with E-state index < -0.39 is 64.8 Å². The Hall–Kier alpha value is -4.60. The summed E-state index contributed by atoms with van der Waals surface area (Å²) >= 11 is 12.2. The quantitative estimate of drug-likeness (QED) is 0.139. The van der Waals surface area contributed by atoms with Crippen LogP contribution in [0.5, 0.6) is 5.75 Å². The van der Waals surface area contributed by atoms with Crippen molar-refractivity contribution in [3.63, 3.8) is 0 Å². The maximum atomic E-state index is 13.9. The first-order valence-electron chi connectivity index (χ1n) is 12.9. The second-order valence-corrected chi connectivity index (χ2v) is 11.0. The predicted octanol–water partition coefficient (Wildman–Crippen LogP) is 6.37. The number of carbonyl (C=O) groups is 4. The van der Waals surface area contributed by atoms with Crippen LogP contribution in [0.25, 0.3) is 0 Å². The van der Waals surface area contributed by atoms with Gasteiger partial charge >= 0.3 is 12.1 Å². The van der Waals surface area contributed by atoms with Crippen molar-refractivity contribution >= 4 is 52.5 Å². The van der Waals surface area contributed by atoms with E-state index in [1.807, 2.05) is 0 Å². The van der Waals surface area contributed by atoms with Crippen molar-refractivity contribution in [3.05, 3.63) is 92.7 Å². The van der Waals surface area contributed by atoms with Gasteiger partial charge in [0.15, 0.2) is 12.4 Å². The number of benzene rings is 3. The van der Waals surface area contributed by atoms with E-state index in [1.165, 1.54) is 51.1 Å². The van der Waals surface area contributed by atoms with Gasteiger partial charge in [0.2, 0.25) is 5.91 Å². The molecule has 0 spiro atoms. The number of carbonyl (C=O) groups excluding carboxylic acids is 3. The molecule has 0 fully saturated rings. The molecule has 1 atom stereocenters. The third-order valence-electron chi connectivity index (χ3n) is 6.08. The summed E-state index contributed by atoms with van der Waals surface area (Å²) in [4.78, 5) is 49.0. The number of amides is 2. The van der Waals surface area contributed by atoms with Crippen molar-refractivity contribution < 1.29 is 46.6 Å². The standard InChI is InChI=1S/C31H24Cl2F4N2O6/c1-16(28(42)43)38-29(44)30(2,3)9-8-17-4-6-24(23(33)10-17)39-26(40)15-45-25-7-5-20(32)14-22(25)27(41)18-11-19(31(35,36)37)13-21(34)12-18/h4-7,10-14,16H,15H2,1-3H3,(H,38,44)(H,39,40)(H,42,43)/t16-/m1/s1. The van der Waals surface area contributed by atoms with Gasteiger partial charge in [-0.1, -0.05) is 35.0 Å². The second kappa shape index (κ2) is 14.0.